The van der Waals surface area contributed by atoms with Crippen LogP contribution >= 0.6 is 11.8 Å². The van der Waals surface area contributed by atoms with E-state index >= 15 is 0 Å². The molecule has 1 aromatic carbocycles. The van der Waals surface area contributed by atoms with E-state index in [0.717, 1.165) is 6.42 Å². The summed E-state index contributed by atoms with van der Waals surface area (Å²) < 4.78 is 5.24. The molecular formula is C17H22N2O3S. The molecule has 0 aliphatic carbocycles. The third-order valence-corrected chi connectivity index (χ3v) is 4.67. The van der Waals surface area contributed by atoms with Gasteiger partial charge in [0, 0.05) is 11.3 Å². The smallest absolute Gasteiger partial charge is 0.250 e. The molecular weight excluding hydrogens is 312 g/mol. The summed E-state index contributed by atoms with van der Waals surface area (Å²) in [5.74, 6) is 1.49. The van der Waals surface area contributed by atoms with E-state index in [2.05, 4.69) is 5.32 Å². The number of para-hydroxylation sites is 2. The molecule has 0 radical (unpaired) electrons. The fraction of sp³-hybridized carbons (Fsp3) is 0.412. The Morgan fingerprint density at radius 3 is 2.87 bits per heavy atom. The van der Waals surface area contributed by atoms with Crippen molar-refractivity contribution >= 4 is 29.3 Å². The number of nitrogens with one attached hydrogen (secondary N) is 1. The summed E-state index contributed by atoms with van der Waals surface area (Å²) in [6.45, 7) is 3.78. The van der Waals surface area contributed by atoms with Crippen molar-refractivity contribution in [2.45, 2.75) is 26.3 Å². The van der Waals surface area contributed by atoms with Gasteiger partial charge in [0.15, 0.2) is 0 Å². The van der Waals surface area contributed by atoms with Crippen LogP contribution in [-0.2, 0) is 9.59 Å². The van der Waals surface area contributed by atoms with Crippen LogP contribution in [0.4, 0.5) is 5.69 Å². The number of allylic oxidation sites excluding steroid dienone is 1. The Bertz CT molecular complexity index is 616. The number of anilines is 1. The number of carbonyl (C=O) groups excluding carboxylic acids is 2. The molecule has 0 aromatic heterocycles. The molecule has 1 unspecified atom stereocenters. The quantitative estimate of drug-likeness (QED) is 0.841. The first-order valence-corrected chi connectivity index (χ1v) is 8.73. The van der Waals surface area contributed by atoms with Crippen molar-refractivity contribution in [3.05, 3.63) is 35.9 Å². The number of ether oxygens (including phenoxy) is 1. The highest BCUT2D eigenvalue weighted by Crippen LogP contribution is 2.27. The maximum absolute atomic E-state index is 12.6. The van der Waals surface area contributed by atoms with Crippen molar-refractivity contribution in [1.82, 2.24) is 4.90 Å². The number of rotatable bonds is 5. The van der Waals surface area contributed by atoms with E-state index in [4.69, 9.17) is 4.74 Å². The van der Waals surface area contributed by atoms with Crippen LogP contribution in [0.2, 0.25) is 0 Å². The van der Waals surface area contributed by atoms with Gasteiger partial charge in [0.2, 0.25) is 5.91 Å². The summed E-state index contributed by atoms with van der Waals surface area (Å²) in [6, 6.07) is 6.79. The predicted octanol–water partition coefficient (Wildman–Crippen LogP) is 2.89. The zero-order chi connectivity index (χ0) is 16.8. The Balaban J connectivity index is 2.12. The number of carbonyl (C=O) groups is 2. The molecule has 23 heavy (non-hydrogen) atoms. The Kier molecular flexibility index (Phi) is 6.10. The summed E-state index contributed by atoms with van der Waals surface area (Å²) in [5.41, 5.74) is 1.30. The molecule has 0 saturated carbocycles. The van der Waals surface area contributed by atoms with Gasteiger partial charge in [-0.05, 0) is 25.5 Å². The van der Waals surface area contributed by atoms with Crippen molar-refractivity contribution in [3.63, 3.8) is 0 Å². The number of methoxy groups -OCH3 is 1. The maximum atomic E-state index is 12.6. The van der Waals surface area contributed by atoms with Gasteiger partial charge in [-0.15, -0.1) is 11.8 Å². The van der Waals surface area contributed by atoms with Crippen molar-refractivity contribution in [3.8, 4) is 5.75 Å². The lowest BCUT2D eigenvalue weighted by molar-refractivity contribution is -0.133. The number of hydrogen-bond acceptors (Lipinski definition) is 4. The first kappa shape index (κ1) is 17.4. The fourth-order valence-electron chi connectivity index (χ4n) is 2.44. The molecule has 1 saturated heterocycles. The van der Waals surface area contributed by atoms with Gasteiger partial charge in [-0.3, -0.25) is 9.59 Å². The largest absolute Gasteiger partial charge is 0.495 e. The number of thioether (sulfide) groups is 1. The molecule has 2 amide bonds. The van der Waals surface area contributed by atoms with E-state index in [1.54, 1.807) is 42.8 Å². The molecule has 0 bridgehead atoms. The molecule has 1 heterocycles. The number of hydrogen-bond donors (Lipinski definition) is 1. The van der Waals surface area contributed by atoms with E-state index in [-0.39, 0.29) is 11.8 Å². The molecule has 2 rings (SSSR count). The Morgan fingerprint density at radius 2 is 2.17 bits per heavy atom. The highest BCUT2D eigenvalue weighted by molar-refractivity contribution is 7.99. The molecule has 124 valence electrons. The summed E-state index contributed by atoms with van der Waals surface area (Å²) >= 11 is 1.59. The topological polar surface area (TPSA) is 58.6 Å². The first-order valence-electron chi connectivity index (χ1n) is 7.57. The van der Waals surface area contributed by atoms with Crippen LogP contribution in [0.25, 0.3) is 0 Å². The predicted molar refractivity (Wildman–Crippen MR) is 93.6 cm³/mol. The van der Waals surface area contributed by atoms with Gasteiger partial charge >= 0.3 is 0 Å². The minimum Gasteiger partial charge on any atom is -0.495 e. The third-order valence-electron chi connectivity index (χ3n) is 3.66. The fourth-order valence-corrected chi connectivity index (χ4v) is 3.60. The standard InChI is InChI=1S/C17H22N2O3S/c1-4-7-12(2)17(21)19-11-23-10-14(19)16(20)18-13-8-5-6-9-15(13)22-3/h5-9,14H,4,10-11H2,1-3H3,(H,18,20)/b12-7+. The zero-order valence-corrected chi connectivity index (χ0v) is 14.5. The third kappa shape index (κ3) is 4.07. The molecule has 0 spiro atoms. The van der Waals surface area contributed by atoms with Crippen molar-refractivity contribution in [2.24, 2.45) is 0 Å². The van der Waals surface area contributed by atoms with Crippen LogP contribution in [0.1, 0.15) is 20.3 Å². The summed E-state index contributed by atoms with van der Waals surface area (Å²) in [7, 11) is 1.56. The van der Waals surface area contributed by atoms with Crippen molar-refractivity contribution in [1.29, 1.82) is 0 Å². The van der Waals surface area contributed by atoms with Gasteiger partial charge in [-0.2, -0.15) is 0 Å². The molecule has 6 heteroatoms. The lowest BCUT2D eigenvalue weighted by Crippen LogP contribution is -2.44. The molecule has 1 aliphatic heterocycles. The summed E-state index contributed by atoms with van der Waals surface area (Å²) in [4.78, 5) is 26.7. The lowest BCUT2D eigenvalue weighted by Gasteiger charge is -2.23. The van der Waals surface area contributed by atoms with Crippen molar-refractivity contribution < 1.29 is 14.3 Å². The van der Waals surface area contributed by atoms with Gasteiger partial charge in [-0.1, -0.05) is 25.1 Å². The maximum Gasteiger partial charge on any atom is 0.250 e. The Hall–Kier alpha value is -1.95. The SMILES string of the molecule is CC/C=C(\C)C(=O)N1CSCC1C(=O)Nc1ccccc1OC. The number of nitrogens with zero attached hydrogens (tertiary/aromatic N) is 1. The second kappa shape index (κ2) is 8.06. The lowest BCUT2D eigenvalue weighted by atomic mass is 10.2. The average Bonchev–Trinajstić information content (AvgIpc) is 3.04. The molecule has 1 aliphatic rings. The highest BCUT2D eigenvalue weighted by Gasteiger charge is 2.35. The second-order valence-electron chi connectivity index (χ2n) is 5.28. The van der Waals surface area contributed by atoms with Gasteiger partial charge < -0.3 is 15.0 Å². The van der Waals surface area contributed by atoms with E-state index < -0.39 is 6.04 Å². The molecule has 5 nitrogen and oxygen atoms in total. The highest BCUT2D eigenvalue weighted by atomic mass is 32.2. The van der Waals surface area contributed by atoms with Crippen LogP contribution in [0.5, 0.6) is 5.75 Å². The summed E-state index contributed by atoms with van der Waals surface area (Å²) in [5, 5.41) is 2.87. The van der Waals surface area contributed by atoms with E-state index in [1.165, 1.54) is 0 Å². The number of benzene rings is 1. The number of amides is 2. The van der Waals surface area contributed by atoms with Crippen LogP contribution < -0.4 is 10.1 Å². The van der Waals surface area contributed by atoms with E-state index in [9.17, 15) is 9.59 Å². The van der Waals surface area contributed by atoms with Gasteiger partial charge in [0.1, 0.15) is 11.8 Å². The first-order chi connectivity index (χ1) is 11.1. The zero-order valence-electron chi connectivity index (χ0n) is 13.7. The summed E-state index contributed by atoms with van der Waals surface area (Å²) in [6.07, 6.45) is 2.69. The van der Waals surface area contributed by atoms with Crippen LogP contribution in [0.3, 0.4) is 0 Å². The van der Waals surface area contributed by atoms with Crippen LogP contribution in [0.15, 0.2) is 35.9 Å². The normalized spacial score (nSPS) is 18.0. The van der Waals surface area contributed by atoms with Gasteiger partial charge in [-0.25, -0.2) is 0 Å². The van der Waals surface area contributed by atoms with E-state index in [0.29, 0.717) is 28.6 Å². The second-order valence-corrected chi connectivity index (χ2v) is 6.28. The van der Waals surface area contributed by atoms with Crippen LogP contribution in [0, 0.1) is 0 Å². The van der Waals surface area contributed by atoms with Crippen molar-refractivity contribution in [2.75, 3.05) is 24.1 Å². The average molecular weight is 334 g/mol. The molecule has 1 aromatic rings. The molecule has 1 N–H and O–H groups in total. The minimum atomic E-state index is -0.461. The van der Waals surface area contributed by atoms with Gasteiger partial charge in [0.25, 0.3) is 5.91 Å². The van der Waals surface area contributed by atoms with Gasteiger partial charge in [0.05, 0.1) is 18.7 Å². The Labute approximate surface area is 141 Å². The van der Waals surface area contributed by atoms with E-state index in [1.807, 2.05) is 25.1 Å². The molecule has 1 atom stereocenters. The monoisotopic (exact) mass is 334 g/mol. The Morgan fingerprint density at radius 1 is 1.43 bits per heavy atom. The van der Waals surface area contributed by atoms with Crippen LogP contribution in [-0.4, -0.2) is 41.5 Å². The molecule has 1 fully saturated rings. The minimum absolute atomic E-state index is 0.0722.